The fraction of sp³-hybridized carbons (Fsp3) is 0.182. The zero-order valence-corrected chi connectivity index (χ0v) is 10.7. The molecular weight excluding hydrogens is 291 g/mol. The molecule has 0 saturated heterocycles. The molecule has 0 saturated carbocycles. The van der Waals surface area contributed by atoms with E-state index in [1.807, 2.05) is 0 Å². The summed E-state index contributed by atoms with van der Waals surface area (Å²) in [5.41, 5.74) is 0.678. The molecule has 1 amide bonds. The van der Waals surface area contributed by atoms with Gasteiger partial charge in [-0.2, -0.15) is 0 Å². The van der Waals surface area contributed by atoms with Crippen LogP contribution in [0.25, 0.3) is 0 Å². The molecule has 1 rings (SSSR count). The van der Waals surface area contributed by atoms with Gasteiger partial charge in [0.15, 0.2) is 0 Å². The van der Waals surface area contributed by atoms with Crippen LogP contribution >= 0.6 is 27.5 Å². The second kappa shape index (κ2) is 6.54. The number of carbonyl (C=O) groups excluding carboxylic acids is 1. The van der Waals surface area contributed by atoms with Crippen LogP contribution in [0.1, 0.15) is 0 Å². The van der Waals surface area contributed by atoms with Gasteiger partial charge in [0.05, 0.1) is 18.8 Å². The van der Waals surface area contributed by atoms with Crippen molar-refractivity contribution in [2.45, 2.75) is 0 Å². The zero-order chi connectivity index (χ0) is 12.0. The van der Waals surface area contributed by atoms with Crippen molar-refractivity contribution in [3.05, 3.63) is 27.7 Å². The van der Waals surface area contributed by atoms with Crippen molar-refractivity contribution in [2.24, 2.45) is 0 Å². The normalized spacial score (nSPS) is 9.56. The second-order valence-corrected chi connectivity index (χ2v) is 4.27. The van der Waals surface area contributed by atoms with Crippen LogP contribution in [-0.2, 0) is 4.79 Å². The van der Waals surface area contributed by atoms with Crippen molar-refractivity contribution >= 4 is 39.1 Å². The Morgan fingerprint density at radius 1 is 1.56 bits per heavy atom. The molecule has 0 aliphatic carbocycles. The molecule has 0 aromatic heterocycles. The molecule has 0 aliphatic heterocycles. The number of carbonyl (C=O) groups is 1. The van der Waals surface area contributed by atoms with Crippen molar-refractivity contribution in [3.63, 3.8) is 0 Å². The summed E-state index contributed by atoms with van der Waals surface area (Å²) in [5, 5.41) is 6.12. The lowest BCUT2D eigenvalue weighted by Gasteiger charge is -2.07. The van der Waals surface area contributed by atoms with Crippen molar-refractivity contribution in [1.82, 2.24) is 5.32 Å². The smallest absolute Gasteiger partial charge is 0.238 e. The van der Waals surface area contributed by atoms with Gasteiger partial charge in [0.1, 0.15) is 0 Å². The predicted octanol–water partition coefficient (Wildman–Crippen LogP) is 2.26. The summed E-state index contributed by atoms with van der Waals surface area (Å²) in [6.45, 7) is 0.550. The molecule has 0 bridgehead atoms. The molecule has 0 unspecified atom stereocenters. The first-order valence-corrected chi connectivity index (χ1v) is 5.69. The van der Waals surface area contributed by atoms with Crippen LogP contribution in [0.3, 0.4) is 0 Å². The highest BCUT2D eigenvalue weighted by atomic mass is 79.9. The molecule has 0 fully saturated rings. The number of terminal acetylenes is 1. The van der Waals surface area contributed by atoms with Gasteiger partial charge in [0, 0.05) is 9.50 Å². The van der Waals surface area contributed by atoms with E-state index >= 15 is 0 Å². The van der Waals surface area contributed by atoms with Crippen molar-refractivity contribution in [2.75, 3.05) is 18.4 Å². The summed E-state index contributed by atoms with van der Waals surface area (Å²) in [6.07, 6.45) is 5.04. The van der Waals surface area contributed by atoms with Gasteiger partial charge in [-0.1, -0.05) is 17.5 Å². The molecule has 84 valence electrons. The summed E-state index contributed by atoms with van der Waals surface area (Å²) in [6, 6.07) is 5.15. The Bertz CT molecular complexity index is 428. The van der Waals surface area contributed by atoms with E-state index in [-0.39, 0.29) is 12.5 Å². The second-order valence-electron chi connectivity index (χ2n) is 2.98. The lowest BCUT2D eigenvalue weighted by atomic mass is 10.3. The van der Waals surface area contributed by atoms with E-state index < -0.39 is 0 Å². The number of nitrogens with one attached hydrogen (secondary N) is 2. The van der Waals surface area contributed by atoms with E-state index in [9.17, 15) is 4.79 Å². The van der Waals surface area contributed by atoms with Gasteiger partial charge < -0.3 is 5.32 Å². The minimum absolute atomic E-state index is 0.154. The lowest BCUT2D eigenvalue weighted by Crippen LogP contribution is -2.28. The molecule has 0 atom stereocenters. The van der Waals surface area contributed by atoms with E-state index in [0.29, 0.717) is 17.3 Å². The third kappa shape index (κ3) is 4.23. The Morgan fingerprint density at radius 2 is 2.31 bits per heavy atom. The monoisotopic (exact) mass is 300 g/mol. The Balaban J connectivity index is 2.53. The number of amides is 1. The first kappa shape index (κ1) is 13.0. The number of anilines is 1. The number of halogens is 2. The van der Waals surface area contributed by atoms with E-state index in [1.54, 1.807) is 18.2 Å². The minimum Gasteiger partial charge on any atom is -0.324 e. The fourth-order valence-electron chi connectivity index (χ4n) is 1.03. The van der Waals surface area contributed by atoms with Gasteiger partial charge >= 0.3 is 0 Å². The Kier molecular flexibility index (Phi) is 5.33. The van der Waals surface area contributed by atoms with E-state index in [4.69, 9.17) is 18.0 Å². The maximum Gasteiger partial charge on any atom is 0.238 e. The van der Waals surface area contributed by atoms with Crippen molar-refractivity contribution < 1.29 is 4.79 Å². The first-order chi connectivity index (χ1) is 7.63. The first-order valence-electron chi connectivity index (χ1n) is 4.52. The number of benzene rings is 1. The Morgan fingerprint density at radius 3 is 2.94 bits per heavy atom. The average molecular weight is 302 g/mol. The summed E-state index contributed by atoms with van der Waals surface area (Å²) in [5.74, 6) is 2.23. The van der Waals surface area contributed by atoms with Crippen LogP contribution < -0.4 is 10.6 Å². The van der Waals surface area contributed by atoms with Crippen LogP contribution in [0, 0.1) is 12.3 Å². The van der Waals surface area contributed by atoms with Gasteiger partial charge in [-0.25, -0.2) is 0 Å². The van der Waals surface area contributed by atoms with Crippen LogP contribution in [0.2, 0.25) is 5.02 Å². The third-order valence-electron chi connectivity index (χ3n) is 1.72. The number of hydrogen-bond acceptors (Lipinski definition) is 2. The van der Waals surface area contributed by atoms with Crippen LogP contribution in [0.4, 0.5) is 5.69 Å². The maximum atomic E-state index is 11.4. The fourth-order valence-corrected chi connectivity index (χ4v) is 1.82. The maximum absolute atomic E-state index is 11.4. The molecule has 0 radical (unpaired) electrons. The molecule has 5 heteroatoms. The van der Waals surface area contributed by atoms with Gasteiger partial charge in [0.25, 0.3) is 0 Å². The predicted molar refractivity (Wildman–Crippen MR) is 69.5 cm³/mol. The van der Waals surface area contributed by atoms with E-state index in [0.717, 1.165) is 4.47 Å². The molecule has 2 N–H and O–H groups in total. The molecular formula is C11H10BrClN2O. The standard InChI is InChI=1S/C11H10BrClN2O/c1-2-5-14-7-11(16)15-10-4-3-8(13)6-9(10)12/h1,3-4,6,14H,5,7H2,(H,15,16). The molecule has 3 nitrogen and oxygen atoms in total. The molecule has 1 aromatic carbocycles. The largest absolute Gasteiger partial charge is 0.324 e. The molecule has 0 heterocycles. The molecule has 0 aliphatic rings. The van der Waals surface area contributed by atoms with Gasteiger partial charge in [-0.3, -0.25) is 10.1 Å². The van der Waals surface area contributed by atoms with Crippen LogP contribution in [0.15, 0.2) is 22.7 Å². The Labute approximate surface area is 108 Å². The summed E-state index contributed by atoms with van der Waals surface area (Å²) >= 11 is 9.08. The van der Waals surface area contributed by atoms with Gasteiger partial charge in [-0.05, 0) is 34.1 Å². The highest BCUT2D eigenvalue weighted by Gasteiger charge is 2.05. The highest BCUT2D eigenvalue weighted by Crippen LogP contribution is 2.25. The average Bonchev–Trinajstić information content (AvgIpc) is 2.23. The topological polar surface area (TPSA) is 41.1 Å². The summed E-state index contributed by atoms with van der Waals surface area (Å²) in [4.78, 5) is 11.4. The summed E-state index contributed by atoms with van der Waals surface area (Å²) in [7, 11) is 0. The minimum atomic E-state index is -0.154. The van der Waals surface area contributed by atoms with E-state index in [1.165, 1.54) is 0 Å². The van der Waals surface area contributed by atoms with Crippen LogP contribution in [-0.4, -0.2) is 19.0 Å². The highest BCUT2D eigenvalue weighted by molar-refractivity contribution is 9.10. The SMILES string of the molecule is C#CCNCC(=O)Nc1ccc(Cl)cc1Br. The van der Waals surface area contributed by atoms with E-state index in [2.05, 4.69) is 32.5 Å². The zero-order valence-electron chi connectivity index (χ0n) is 8.39. The number of hydrogen-bond donors (Lipinski definition) is 2. The van der Waals surface area contributed by atoms with Crippen LogP contribution in [0.5, 0.6) is 0 Å². The summed E-state index contributed by atoms with van der Waals surface area (Å²) < 4.78 is 0.741. The molecule has 16 heavy (non-hydrogen) atoms. The quantitative estimate of drug-likeness (QED) is 0.661. The van der Waals surface area contributed by atoms with Gasteiger partial charge in [-0.15, -0.1) is 6.42 Å². The lowest BCUT2D eigenvalue weighted by molar-refractivity contribution is -0.115. The van der Waals surface area contributed by atoms with Crippen molar-refractivity contribution in [1.29, 1.82) is 0 Å². The Hall–Kier alpha value is -1.02. The van der Waals surface area contributed by atoms with Crippen molar-refractivity contribution in [3.8, 4) is 12.3 Å². The molecule has 0 spiro atoms. The van der Waals surface area contributed by atoms with Gasteiger partial charge in [0.2, 0.25) is 5.91 Å². The number of rotatable bonds is 4. The third-order valence-corrected chi connectivity index (χ3v) is 2.61. The molecule has 1 aromatic rings.